The Labute approximate surface area is 107 Å². The van der Waals surface area contributed by atoms with E-state index in [4.69, 9.17) is 0 Å². The van der Waals surface area contributed by atoms with Crippen molar-refractivity contribution in [2.75, 3.05) is 0 Å². The molecule has 0 atom stereocenters. The van der Waals surface area contributed by atoms with Gasteiger partial charge < -0.3 is 9.47 Å². The number of ether oxygens (including phenoxy) is 2. The molecule has 1 aromatic carbocycles. The highest BCUT2D eigenvalue weighted by Crippen LogP contribution is 2.29. The van der Waals surface area contributed by atoms with E-state index in [1.807, 2.05) is 0 Å². The van der Waals surface area contributed by atoms with Crippen molar-refractivity contribution in [2.45, 2.75) is 26.4 Å². The van der Waals surface area contributed by atoms with Gasteiger partial charge in [-0.1, -0.05) is 0 Å². The van der Waals surface area contributed by atoms with Gasteiger partial charge in [-0.3, -0.25) is 10.1 Å². The predicted octanol–water partition coefficient (Wildman–Crippen LogP) is 3.19. The number of nitro benzene ring substituents is 1. The molecule has 0 heterocycles. The van der Waals surface area contributed by atoms with Gasteiger partial charge in [0.2, 0.25) is 11.6 Å². The molecule has 104 valence electrons. The van der Waals surface area contributed by atoms with E-state index in [-0.39, 0.29) is 0 Å². The smallest absolute Gasteiger partial charge is 0.428 e. The summed E-state index contributed by atoms with van der Waals surface area (Å²) in [4.78, 5) is 20.7. The number of nitro groups is 1. The van der Waals surface area contributed by atoms with E-state index in [0.717, 1.165) is 0 Å². The molecule has 1 aromatic rings. The molecule has 0 N–H and O–H groups in total. The van der Waals surface area contributed by atoms with Crippen molar-refractivity contribution in [3.63, 3.8) is 0 Å². The Morgan fingerprint density at radius 2 is 1.89 bits per heavy atom. The van der Waals surface area contributed by atoms with Crippen LogP contribution in [0.2, 0.25) is 0 Å². The van der Waals surface area contributed by atoms with Gasteiger partial charge in [-0.15, -0.1) is 0 Å². The summed E-state index contributed by atoms with van der Waals surface area (Å²) in [7, 11) is 0. The fourth-order valence-corrected chi connectivity index (χ4v) is 1.11. The van der Waals surface area contributed by atoms with Gasteiger partial charge in [0.15, 0.2) is 5.82 Å². The van der Waals surface area contributed by atoms with Crippen LogP contribution in [-0.2, 0) is 4.74 Å². The topological polar surface area (TPSA) is 78.7 Å². The van der Waals surface area contributed by atoms with Gasteiger partial charge in [0, 0.05) is 6.07 Å². The standard InChI is InChI=1S/C11H11F2NO5/c1-11(2,3)19-10(15)18-9-6(12)4-5-7(8(9)13)14(16)17/h4-5H,1-3H3. The lowest BCUT2D eigenvalue weighted by Crippen LogP contribution is -2.26. The van der Waals surface area contributed by atoms with Crippen LogP contribution in [0.25, 0.3) is 0 Å². The zero-order valence-electron chi connectivity index (χ0n) is 10.4. The number of carbonyl (C=O) groups is 1. The number of hydrogen-bond donors (Lipinski definition) is 0. The van der Waals surface area contributed by atoms with Crippen molar-refractivity contribution < 1.29 is 28.0 Å². The first-order valence-corrected chi connectivity index (χ1v) is 5.15. The molecule has 0 saturated heterocycles. The molecule has 1 rings (SSSR count). The van der Waals surface area contributed by atoms with Crippen LogP contribution in [0.1, 0.15) is 20.8 Å². The Morgan fingerprint density at radius 1 is 1.32 bits per heavy atom. The van der Waals surface area contributed by atoms with E-state index in [9.17, 15) is 23.7 Å². The third-order valence-electron chi connectivity index (χ3n) is 1.80. The minimum Gasteiger partial charge on any atom is -0.428 e. The van der Waals surface area contributed by atoms with Crippen LogP contribution in [0.15, 0.2) is 12.1 Å². The fraction of sp³-hybridized carbons (Fsp3) is 0.364. The van der Waals surface area contributed by atoms with Crippen molar-refractivity contribution in [3.05, 3.63) is 33.9 Å². The normalized spacial score (nSPS) is 11.0. The lowest BCUT2D eigenvalue weighted by molar-refractivity contribution is -0.387. The number of nitrogens with zero attached hydrogens (tertiary/aromatic N) is 1. The molecule has 0 fully saturated rings. The average molecular weight is 275 g/mol. The summed E-state index contributed by atoms with van der Waals surface area (Å²) in [5.41, 5.74) is -1.93. The molecule has 0 spiro atoms. The van der Waals surface area contributed by atoms with E-state index in [1.54, 1.807) is 0 Å². The summed E-state index contributed by atoms with van der Waals surface area (Å²) in [6.45, 7) is 4.57. The molecule has 0 radical (unpaired) electrons. The first kappa shape index (κ1) is 14.8. The molecule has 19 heavy (non-hydrogen) atoms. The monoisotopic (exact) mass is 275 g/mol. The maximum absolute atomic E-state index is 13.6. The molecule has 0 unspecified atom stereocenters. The molecule has 8 heteroatoms. The Hall–Kier alpha value is -2.25. The van der Waals surface area contributed by atoms with Gasteiger partial charge >= 0.3 is 11.8 Å². The van der Waals surface area contributed by atoms with Crippen LogP contribution in [0, 0.1) is 21.7 Å². The number of benzene rings is 1. The zero-order valence-corrected chi connectivity index (χ0v) is 10.4. The molecular formula is C11H11F2NO5. The van der Waals surface area contributed by atoms with Gasteiger partial charge in [0.05, 0.1) is 4.92 Å². The van der Waals surface area contributed by atoms with E-state index in [1.165, 1.54) is 20.8 Å². The highest BCUT2D eigenvalue weighted by molar-refractivity contribution is 5.65. The maximum Gasteiger partial charge on any atom is 0.514 e. The summed E-state index contributed by atoms with van der Waals surface area (Å²) in [6.07, 6.45) is -1.36. The predicted molar refractivity (Wildman–Crippen MR) is 59.9 cm³/mol. The van der Waals surface area contributed by atoms with Gasteiger partial charge in [-0.25, -0.2) is 9.18 Å². The molecular weight excluding hydrogens is 264 g/mol. The number of rotatable bonds is 2. The number of carbonyl (C=O) groups excluding carboxylic acids is 1. The zero-order chi connectivity index (χ0) is 14.8. The van der Waals surface area contributed by atoms with Crippen LogP contribution in [-0.4, -0.2) is 16.7 Å². The van der Waals surface area contributed by atoms with Crippen LogP contribution < -0.4 is 4.74 Å². The quantitative estimate of drug-likeness (QED) is 0.358. The minimum atomic E-state index is -1.57. The van der Waals surface area contributed by atoms with Gasteiger partial charge in [0.1, 0.15) is 5.60 Å². The van der Waals surface area contributed by atoms with Gasteiger partial charge in [-0.2, -0.15) is 4.39 Å². The minimum absolute atomic E-state index is 0.626. The SMILES string of the molecule is CC(C)(C)OC(=O)Oc1c(F)ccc([N+](=O)[O-])c1F. The second-order valence-electron chi connectivity index (χ2n) is 4.53. The highest BCUT2D eigenvalue weighted by atomic mass is 19.1. The molecule has 6 nitrogen and oxygen atoms in total. The number of hydrogen-bond acceptors (Lipinski definition) is 5. The summed E-state index contributed by atoms with van der Waals surface area (Å²) in [6, 6.07) is 1.26. The Balaban J connectivity index is 3.04. The highest BCUT2D eigenvalue weighted by Gasteiger charge is 2.26. The summed E-state index contributed by atoms with van der Waals surface area (Å²) in [5.74, 6) is -3.98. The van der Waals surface area contributed by atoms with Gasteiger partial charge in [-0.05, 0) is 26.8 Å². The van der Waals surface area contributed by atoms with Crippen molar-refractivity contribution >= 4 is 11.8 Å². The van der Waals surface area contributed by atoms with Crippen LogP contribution >= 0.6 is 0 Å². The Bertz CT molecular complexity index is 525. The van der Waals surface area contributed by atoms with Crippen molar-refractivity contribution in [2.24, 2.45) is 0 Å². The van der Waals surface area contributed by atoms with Gasteiger partial charge in [0.25, 0.3) is 0 Å². The number of halogens is 2. The second-order valence-corrected chi connectivity index (χ2v) is 4.53. The van der Waals surface area contributed by atoms with E-state index in [2.05, 4.69) is 9.47 Å². The third kappa shape index (κ3) is 3.87. The largest absolute Gasteiger partial charge is 0.514 e. The Morgan fingerprint density at radius 3 is 2.37 bits per heavy atom. The molecule has 0 aliphatic carbocycles. The Kier molecular flexibility index (Phi) is 4.03. The molecule has 0 aliphatic rings. The second kappa shape index (κ2) is 5.17. The average Bonchev–Trinajstić information content (AvgIpc) is 2.21. The first-order chi connectivity index (χ1) is 8.61. The molecule has 0 amide bonds. The van der Waals surface area contributed by atoms with Crippen LogP contribution in [0.5, 0.6) is 5.75 Å². The van der Waals surface area contributed by atoms with E-state index in [0.29, 0.717) is 12.1 Å². The summed E-state index contributed by atoms with van der Waals surface area (Å²) in [5, 5.41) is 10.5. The first-order valence-electron chi connectivity index (χ1n) is 5.15. The molecule has 0 aliphatic heterocycles. The van der Waals surface area contributed by atoms with Crippen LogP contribution in [0.3, 0.4) is 0 Å². The molecule has 0 bridgehead atoms. The van der Waals surface area contributed by atoms with Crippen molar-refractivity contribution in [3.8, 4) is 5.75 Å². The summed E-state index contributed by atoms with van der Waals surface area (Å²) < 4.78 is 35.9. The summed E-state index contributed by atoms with van der Waals surface area (Å²) >= 11 is 0. The van der Waals surface area contributed by atoms with Crippen molar-refractivity contribution in [1.29, 1.82) is 0 Å². The lowest BCUT2D eigenvalue weighted by atomic mass is 10.2. The van der Waals surface area contributed by atoms with Crippen molar-refractivity contribution in [1.82, 2.24) is 0 Å². The van der Waals surface area contributed by atoms with E-state index >= 15 is 0 Å². The maximum atomic E-state index is 13.6. The third-order valence-corrected chi connectivity index (χ3v) is 1.80. The fourth-order valence-electron chi connectivity index (χ4n) is 1.11. The lowest BCUT2D eigenvalue weighted by Gasteiger charge is -2.18. The molecule has 0 saturated carbocycles. The van der Waals surface area contributed by atoms with E-state index < -0.39 is 39.8 Å². The molecule has 0 aromatic heterocycles. The van der Waals surface area contributed by atoms with Crippen LogP contribution in [0.4, 0.5) is 19.3 Å².